The van der Waals surface area contributed by atoms with E-state index in [1.54, 1.807) is 6.92 Å². The molecule has 0 N–H and O–H groups in total. The second-order valence-corrected chi connectivity index (χ2v) is 4.34. The summed E-state index contributed by atoms with van der Waals surface area (Å²) in [5, 5.41) is 0. The fourth-order valence-electron chi connectivity index (χ4n) is 1.72. The van der Waals surface area contributed by atoms with Gasteiger partial charge in [0.15, 0.2) is 0 Å². The molecule has 0 saturated carbocycles. The van der Waals surface area contributed by atoms with Crippen LogP contribution in [0.5, 0.6) is 0 Å². The van der Waals surface area contributed by atoms with Crippen LogP contribution in [0.15, 0.2) is 0 Å². The van der Waals surface area contributed by atoms with Crippen molar-refractivity contribution in [3.05, 3.63) is 0 Å². The molecule has 0 heterocycles. The molecule has 1 atom stereocenters. The van der Waals surface area contributed by atoms with Gasteiger partial charge in [0, 0.05) is 19.5 Å². The van der Waals surface area contributed by atoms with Gasteiger partial charge in [-0.15, -0.1) is 0 Å². The van der Waals surface area contributed by atoms with Crippen LogP contribution >= 0.6 is 0 Å². The van der Waals surface area contributed by atoms with E-state index in [0.29, 0.717) is 12.8 Å². The molecule has 0 aromatic rings. The van der Waals surface area contributed by atoms with E-state index in [1.165, 1.54) is 7.11 Å². The van der Waals surface area contributed by atoms with Crippen LogP contribution in [0, 0.1) is 5.92 Å². The summed E-state index contributed by atoms with van der Waals surface area (Å²) < 4.78 is 4.64. The van der Waals surface area contributed by atoms with Gasteiger partial charge in [-0.05, 0) is 19.3 Å². The van der Waals surface area contributed by atoms with Gasteiger partial charge in [0.05, 0.1) is 13.0 Å². The third kappa shape index (κ3) is 6.29. The summed E-state index contributed by atoms with van der Waals surface area (Å²) in [5.74, 6) is -0.297. The molecular formula is C13H25NO3. The lowest BCUT2D eigenvalue weighted by Crippen LogP contribution is -2.32. The highest BCUT2D eigenvalue weighted by Crippen LogP contribution is 2.10. The van der Waals surface area contributed by atoms with Crippen molar-refractivity contribution in [2.45, 2.75) is 46.5 Å². The molecular weight excluding hydrogens is 218 g/mol. The summed E-state index contributed by atoms with van der Waals surface area (Å²) in [4.78, 5) is 25.0. The number of rotatable bonds is 8. The molecule has 0 aliphatic heterocycles. The van der Waals surface area contributed by atoms with E-state index in [1.807, 2.05) is 4.90 Å². The summed E-state index contributed by atoms with van der Waals surface area (Å²) in [6.07, 6.45) is 2.93. The van der Waals surface area contributed by atoms with Crippen molar-refractivity contribution in [1.82, 2.24) is 4.90 Å². The molecule has 4 heteroatoms. The molecule has 0 aromatic heterocycles. The lowest BCUT2D eigenvalue weighted by molar-refractivity contribution is -0.145. The second kappa shape index (κ2) is 9.02. The Morgan fingerprint density at radius 2 is 1.71 bits per heavy atom. The topological polar surface area (TPSA) is 46.6 Å². The zero-order valence-electron chi connectivity index (χ0n) is 11.5. The van der Waals surface area contributed by atoms with Crippen molar-refractivity contribution in [2.75, 3.05) is 20.2 Å². The molecule has 0 spiro atoms. The highest BCUT2D eigenvalue weighted by Gasteiger charge is 2.17. The van der Waals surface area contributed by atoms with Crippen molar-refractivity contribution in [3.8, 4) is 0 Å². The van der Waals surface area contributed by atoms with Crippen LogP contribution in [0.25, 0.3) is 0 Å². The molecule has 0 aliphatic rings. The Balaban J connectivity index is 4.08. The highest BCUT2D eigenvalue weighted by atomic mass is 16.5. The van der Waals surface area contributed by atoms with Crippen LogP contribution < -0.4 is 0 Å². The molecule has 0 aromatic carbocycles. The predicted octanol–water partition coefficient (Wildman–Crippen LogP) is 2.22. The summed E-state index contributed by atoms with van der Waals surface area (Å²) in [5.41, 5.74) is 0. The molecule has 1 unspecified atom stereocenters. The predicted molar refractivity (Wildman–Crippen MR) is 67.6 cm³/mol. The van der Waals surface area contributed by atoms with Gasteiger partial charge < -0.3 is 9.64 Å². The minimum Gasteiger partial charge on any atom is -0.469 e. The molecule has 0 radical (unpaired) electrons. The van der Waals surface area contributed by atoms with Gasteiger partial charge in [-0.3, -0.25) is 9.59 Å². The van der Waals surface area contributed by atoms with Gasteiger partial charge in [0.25, 0.3) is 0 Å². The standard InChI is InChI=1S/C13H25NO3/c1-5-9-14(10-6-2)12(15)8-7-11(3)13(16)17-4/h11H,5-10H2,1-4H3. The van der Waals surface area contributed by atoms with Crippen LogP contribution in [0.3, 0.4) is 0 Å². The lowest BCUT2D eigenvalue weighted by atomic mass is 10.1. The molecule has 0 rings (SSSR count). The average molecular weight is 243 g/mol. The minimum absolute atomic E-state index is 0.143. The third-order valence-corrected chi connectivity index (χ3v) is 2.73. The smallest absolute Gasteiger partial charge is 0.308 e. The highest BCUT2D eigenvalue weighted by molar-refractivity contribution is 5.77. The van der Waals surface area contributed by atoms with E-state index in [0.717, 1.165) is 25.9 Å². The molecule has 0 fully saturated rings. The Morgan fingerprint density at radius 1 is 1.18 bits per heavy atom. The van der Waals surface area contributed by atoms with Crippen molar-refractivity contribution in [1.29, 1.82) is 0 Å². The van der Waals surface area contributed by atoms with E-state index >= 15 is 0 Å². The van der Waals surface area contributed by atoms with Crippen molar-refractivity contribution in [3.63, 3.8) is 0 Å². The fraction of sp³-hybridized carbons (Fsp3) is 0.846. The number of hydrogen-bond acceptors (Lipinski definition) is 3. The number of ether oxygens (including phenoxy) is 1. The molecule has 4 nitrogen and oxygen atoms in total. The van der Waals surface area contributed by atoms with E-state index < -0.39 is 0 Å². The van der Waals surface area contributed by atoms with Crippen molar-refractivity contribution >= 4 is 11.9 Å². The van der Waals surface area contributed by atoms with Gasteiger partial charge >= 0.3 is 5.97 Å². The van der Waals surface area contributed by atoms with Gasteiger partial charge in [-0.2, -0.15) is 0 Å². The maximum Gasteiger partial charge on any atom is 0.308 e. The van der Waals surface area contributed by atoms with Crippen LogP contribution in [-0.2, 0) is 14.3 Å². The maximum absolute atomic E-state index is 11.9. The Hall–Kier alpha value is -1.06. The van der Waals surface area contributed by atoms with Gasteiger partial charge in [-0.1, -0.05) is 20.8 Å². The minimum atomic E-state index is -0.240. The number of methoxy groups -OCH3 is 1. The van der Waals surface area contributed by atoms with Crippen LogP contribution in [0.2, 0.25) is 0 Å². The SMILES string of the molecule is CCCN(CCC)C(=O)CCC(C)C(=O)OC. The van der Waals surface area contributed by atoms with Gasteiger partial charge in [-0.25, -0.2) is 0 Å². The number of hydrogen-bond donors (Lipinski definition) is 0. The first-order valence-electron chi connectivity index (χ1n) is 6.42. The molecule has 0 bridgehead atoms. The van der Waals surface area contributed by atoms with Gasteiger partial charge in [0.2, 0.25) is 5.91 Å². The number of amides is 1. The van der Waals surface area contributed by atoms with Crippen LogP contribution in [-0.4, -0.2) is 37.0 Å². The van der Waals surface area contributed by atoms with E-state index in [9.17, 15) is 9.59 Å². The lowest BCUT2D eigenvalue weighted by Gasteiger charge is -2.22. The first kappa shape index (κ1) is 15.9. The summed E-state index contributed by atoms with van der Waals surface area (Å²) in [7, 11) is 1.38. The normalized spacial score (nSPS) is 12.0. The first-order chi connectivity index (χ1) is 8.06. The molecule has 0 aliphatic carbocycles. The van der Waals surface area contributed by atoms with E-state index in [2.05, 4.69) is 18.6 Å². The second-order valence-electron chi connectivity index (χ2n) is 4.34. The van der Waals surface area contributed by atoms with E-state index in [-0.39, 0.29) is 17.8 Å². The number of carbonyl (C=O) groups is 2. The Kier molecular flexibility index (Phi) is 8.46. The molecule has 17 heavy (non-hydrogen) atoms. The van der Waals surface area contributed by atoms with Crippen LogP contribution in [0.1, 0.15) is 46.5 Å². The Labute approximate surface area is 104 Å². The zero-order chi connectivity index (χ0) is 13.3. The quantitative estimate of drug-likeness (QED) is 0.614. The van der Waals surface area contributed by atoms with Crippen molar-refractivity contribution in [2.24, 2.45) is 5.92 Å². The third-order valence-electron chi connectivity index (χ3n) is 2.73. The number of carbonyl (C=O) groups excluding carboxylic acids is 2. The number of esters is 1. The first-order valence-corrected chi connectivity index (χ1v) is 6.42. The zero-order valence-corrected chi connectivity index (χ0v) is 11.5. The fourth-order valence-corrected chi connectivity index (χ4v) is 1.72. The Bertz CT molecular complexity index is 235. The summed E-state index contributed by atoms with van der Waals surface area (Å²) in [6.45, 7) is 7.53. The van der Waals surface area contributed by atoms with Gasteiger partial charge in [0.1, 0.15) is 0 Å². The Morgan fingerprint density at radius 3 is 2.12 bits per heavy atom. The monoisotopic (exact) mass is 243 g/mol. The molecule has 0 saturated heterocycles. The summed E-state index contributed by atoms with van der Waals surface area (Å²) in [6, 6.07) is 0. The molecule has 100 valence electrons. The summed E-state index contributed by atoms with van der Waals surface area (Å²) >= 11 is 0. The number of nitrogens with zero attached hydrogens (tertiary/aromatic N) is 1. The van der Waals surface area contributed by atoms with Crippen LogP contribution in [0.4, 0.5) is 0 Å². The molecule has 1 amide bonds. The maximum atomic E-state index is 11.9. The van der Waals surface area contributed by atoms with Crippen molar-refractivity contribution < 1.29 is 14.3 Å². The largest absolute Gasteiger partial charge is 0.469 e. The van der Waals surface area contributed by atoms with E-state index in [4.69, 9.17) is 0 Å². The average Bonchev–Trinajstić information content (AvgIpc) is 2.34.